The van der Waals surface area contributed by atoms with Crippen LogP contribution in [0.4, 0.5) is 13.2 Å². The smallest absolute Gasteiger partial charge is 0.416 e. The maximum Gasteiger partial charge on any atom is 0.416 e. The number of phenols is 1. The van der Waals surface area contributed by atoms with Gasteiger partial charge in [0.2, 0.25) is 0 Å². The van der Waals surface area contributed by atoms with Crippen molar-refractivity contribution in [1.29, 1.82) is 0 Å². The number of ether oxygens (including phenoxy) is 1. The first-order valence-electron chi connectivity index (χ1n) is 9.11. The van der Waals surface area contributed by atoms with Crippen LogP contribution >= 0.6 is 11.6 Å². The highest BCUT2D eigenvalue weighted by molar-refractivity contribution is 6.35. The van der Waals surface area contributed by atoms with Gasteiger partial charge in [0.25, 0.3) is 0 Å². The number of benzene rings is 2. The molecule has 2 N–H and O–H groups in total. The van der Waals surface area contributed by atoms with Gasteiger partial charge in [0.05, 0.1) is 22.1 Å². The number of hydrogen-bond acceptors (Lipinski definition) is 5. The Labute approximate surface area is 177 Å². The SMILES string of the molecule is O=c1cc(-c2ccc(C(F)(F)F)cc2O[C@H]2C[C@H](C(=O)O)C2)oc2c(Cl)ccc(O)c12. The minimum absolute atomic E-state index is 0.0319. The second-order valence-electron chi connectivity index (χ2n) is 7.20. The van der Waals surface area contributed by atoms with E-state index in [0.29, 0.717) is 0 Å². The summed E-state index contributed by atoms with van der Waals surface area (Å²) in [6.07, 6.45) is -4.94. The van der Waals surface area contributed by atoms with E-state index in [4.69, 9.17) is 25.9 Å². The molecule has 1 saturated carbocycles. The lowest BCUT2D eigenvalue weighted by atomic mass is 9.82. The van der Waals surface area contributed by atoms with Crippen molar-refractivity contribution in [1.82, 2.24) is 0 Å². The number of carbonyl (C=O) groups is 1. The van der Waals surface area contributed by atoms with Crippen LogP contribution < -0.4 is 10.2 Å². The van der Waals surface area contributed by atoms with E-state index in [9.17, 15) is 27.9 Å². The molecule has 1 heterocycles. The van der Waals surface area contributed by atoms with Crippen molar-refractivity contribution >= 4 is 28.5 Å². The third kappa shape index (κ3) is 3.93. The Balaban J connectivity index is 1.81. The van der Waals surface area contributed by atoms with Crippen molar-refractivity contribution in [3.63, 3.8) is 0 Å². The molecule has 0 unspecified atom stereocenters. The molecule has 0 radical (unpaired) electrons. The summed E-state index contributed by atoms with van der Waals surface area (Å²) in [6, 6.07) is 6.26. The molecule has 1 aliphatic rings. The van der Waals surface area contributed by atoms with Gasteiger partial charge in [0.1, 0.15) is 28.7 Å². The number of halogens is 4. The minimum Gasteiger partial charge on any atom is -0.507 e. The molecule has 2 aromatic carbocycles. The third-order valence-corrected chi connectivity index (χ3v) is 5.42. The Morgan fingerprint density at radius 2 is 1.87 bits per heavy atom. The lowest BCUT2D eigenvalue weighted by Gasteiger charge is -2.33. The average Bonchev–Trinajstić information content (AvgIpc) is 2.65. The van der Waals surface area contributed by atoms with E-state index in [1.807, 2.05) is 0 Å². The molecule has 1 aliphatic carbocycles. The second-order valence-corrected chi connectivity index (χ2v) is 7.61. The summed E-state index contributed by atoms with van der Waals surface area (Å²) in [5.74, 6) is -2.29. The highest BCUT2D eigenvalue weighted by Gasteiger charge is 2.37. The van der Waals surface area contributed by atoms with Crippen LogP contribution in [0.15, 0.2) is 45.6 Å². The van der Waals surface area contributed by atoms with E-state index >= 15 is 0 Å². The van der Waals surface area contributed by atoms with E-state index in [1.54, 1.807) is 0 Å². The number of hydrogen-bond donors (Lipinski definition) is 2. The molecule has 0 aliphatic heterocycles. The van der Waals surface area contributed by atoms with Crippen molar-refractivity contribution in [2.45, 2.75) is 25.1 Å². The lowest BCUT2D eigenvalue weighted by molar-refractivity contribution is -0.147. The fourth-order valence-corrected chi connectivity index (χ4v) is 3.59. The van der Waals surface area contributed by atoms with Crippen LogP contribution in [-0.2, 0) is 11.0 Å². The maximum absolute atomic E-state index is 13.2. The normalized spacial score (nSPS) is 18.6. The van der Waals surface area contributed by atoms with Gasteiger partial charge in [-0.3, -0.25) is 9.59 Å². The number of aliphatic carboxylic acids is 1. The van der Waals surface area contributed by atoms with Crippen LogP contribution in [0.3, 0.4) is 0 Å². The van der Waals surface area contributed by atoms with E-state index in [1.165, 1.54) is 12.1 Å². The van der Waals surface area contributed by atoms with Crippen LogP contribution in [0.1, 0.15) is 18.4 Å². The summed E-state index contributed by atoms with van der Waals surface area (Å²) < 4.78 is 51.0. The average molecular weight is 455 g/mol. The van der Waals surface area contributed by atoms with Crippen LogP contribution in [0, 0.1) is 5.92 Å². The standard InChI is InChI=1S/C21H14ClF3O6/c22-13-3-4-14(26)18-15(27)8-17(31-19(13)18)12-2-1-10(21(23,24)25)7-16(12)30-11-5-9(6-11)20(28)29/h1-4,7-9,11,26H,5-6H2,(H,28,29)/t9-,11-. The molecule has 1 aromatic heterocycles. The summed E-state index contributed by atoms with van der Waals surface area (Å²) in [6.45, 7) is 0. The van der Waals surface area contributed by atoms with Crippen LogP contribution in [0.5, 0.6) is 11.5 Å². The zero-order valence-corrected chi connectivity index (χ0v) is 16.3. The first-order chi connectivity index (χ1) is 14.5. The quantitative estimate of drug-likeness (QED) is 0.570. The Kier molecular flexibility index (Phi) is 5.09. The summed E-state index contributed by atoms with van der Waals surface area (Å²) in [5, 5.41) is 18.8. The molecule has 0 saturated heterocycles. The van der Waals surface area contributed by atoms with Crippen LogP contribution in [0.25, 0.3) is 22.3 Å². The molecule has 0 bridgehead atoms. The minimum atomic E-state index is -4.64. The number of carboxylic acids is 1. The Bertz CT molecular complexity index is 1240. The monoisotopic (exact) mass is 454 g/mol. The van der Waals surface area contributed by atoms with Crippen molar-refractivity contribution in [2.75, 3.05) is 0 Å². The van der Waals surface area contributed by atoms with Gasteiger partial charge in [-0.05, 0) is 43.2 Å². The number of aromatic hydroxyl groups is 1. The van der Waals surface area contributed by atoms with Gasteiger partial charge >= 0.3 is 12.1 Å². The Hall–Kier alpha value is -3.20. The molecule has 0 spiro atoms. The molecule has 3 aromatic rings. The molecule has 4 rings (SSSR count). The number of fused-ring (bicyclic) bond motifs is 1. The van der Waals surface area contributed by atoms with Gasteiger partial charge in [0.15, 0.2) is 11.0 Å². The molecular formula is C21H14ClF3O6. The summed E-state index contributed by atoms with van der Waals surface area (Å²) in [5.41, 5.74) is -1.68. The summed E-state index contributed by atoms with van der Waals surface area (Å²) in [7, 11) is 0. The van der Waals surface area contributed by atoms with Crippen molar-refractivity contribution in [2.24, 2.45) is 5.92 Å². The van der Waals surface area contributed by atoms with Gasteiger partial charge in [-0.2, -0.15) is 13.2 Å². The first kappa shape index (κ1) is 21.0. The fourth-order valence-electron chi connectivity index (χ4n) is 3.39. The van der Waals surface area contributed by atoms with Gasteiger partial charge in [-0.25, -0.2) is 0 Å². The Morgan fingerprint density at radius 1 is 1.16 bits per heavy atom. The van der Waals surface area contributed by atoms with Crippen LogP contribution in [-0.4, -0.2) is 22.3 Å². The number of rotatable bonds is 4. The highest BCUT2D eigenvalue weighted by atomic mass is 35.5. The van der Waals surface area contributed by atoms with Gasteiger partial charge in [-0.15, -0.1) is 0 Å². The highest BCUT2D eigenvalue weighted by Crippen LogP contribution is 2.41. The van der Waals surface area contributed by atoms with Crippen molar-refractivity contribution in [3.05, 3.63) is 57.2 Å². The second kappa shape index (κ2) is 7.49. The lowest BCUT2D eigenvalue weighted by Crippen LogP contribution is -2.38. The van der Waals surface area contributed by atoms with Gasteiger partial charge < -0.3 is 19.4 Å². The summed E-state index contributed by atoms with van der Waals surface area (Å²) in [4.78, 5) is 23.5. The van der Waals surface area contributed by atoms with E-state index in [0.717, 1.165) is 24.3 Å². The third-order valence-electron chi connectivity index (χ3n) is 5.12. The molecule has 0 amide bonds. The van der Waals surface area contributed by atoms with E-state index in [2.05, 4.69) is 0 Å². The molecule has 162 valence electrons. The molecule has 10 heteroatoms. The number of phenolic OH excluding ortho intramolecular Hbond substituents is 1. The zero-order chi connectivity index (χ0) is 22.5. The van der Waals surface area contributed by atoms with E-state index in [-0.39, 0.29) is 51.7 Å². The van der Waals surface area contributed by atoms with Crippen molar-refractivity contribution < 1.29 is 37.3 Å². The predicted molar refractivity (Wildman–Crippen MR) is 104 cm³/mol. The predicted octanol–water partition coefficient (Wildman–Crippen LogP) is 5.08. The number of carboxylic acid groups (broad SMARTS) is 1. The molecule has 0 atom stereocenters. The number of alkyl halides is 3. The molecule has 1 fully saturated rings. The molecular weight excluding hydrogens is 441 g/mol. The fraction of sp³-hybridized carbons (Fsp3) is 0.238. The zero-order valence-electron chi connectivity index (χ0n) is 15.6. The topological polar surface area (TPSA) is 97.0 Å². The molecule has 6 nitrogen and oxygen atoms in total. The van der Waals surface area contributed by atoms with Crippen LogP contribution in [0.2, 0.25) is 5.02 Å². The molecule has 31 heavy (non-hydrogen) atoms. The largest absolute Gasteiger partial charge is 0.507 e. The van der Waals surface area contributed by atoms with Gasteiger partial charge in [-0.1, -0.05) is 11.6 Å². The summed E-state index contributed by atoms with van der Waals surface area (Å²) >= 11 is 6.07. The van der Waals surface area contributed by atoms with E-state index < -0.39 is 35.2 Å². The Morgan fingerprint density at radius 3 is 2.52 bits per heavy atom. The van der Waals surface area contributed by atoms with Crippen molar-refractivity contribution in [3.8, 4) is 22.8 Å². The first-order valence-corrected chi connectivity index (χ1v) is 9.49. The maximum atomic E-state index is 13.2. The van der Waals surface area contributed by atoms with Gasteiger partial charge in [0, 0.05) is 6.07 Å².